The molecule has 0 radical (unpaired) electrons. The molecule has 1 heterocycles. The Balaban J connectivity index is 1.66. The molecular formula is C21H25N3O4S. The van der Waals surface area contributed by atoms with Crippen LogP contribution in [-0.2, 0) is 19.6 Å². The first-order valence-corrected chi connectivity index (χ1v) is 11.0. The second kappa shape index (κ2) is 8.75. The summed E-state index contributed by atoms with van der Waals surface area (Å²) >= 11 is 0. The zero-order chi connectivity index (χ0) is 21.0. The third kappa shape index (κ3) is 4.83. The van der Waals surface area contributed by atoms with Crippen molar-refractivity contribution in [2.45, 2.75) is 37.6 Å². The van der Waals surface area contributed by atoms with Gasteiger partial charge in [0.1, 0.15) is 0 Å². The molecule has 2 N–H and O–H groups in total. The van der Waals surface area contributed by atoms with E-state index in [2.05, 4.69) is 10.6 Å². The van der Waals surface area contributed by atoms with Crippen LogP contribution in [0.2, 0.25) is 0 Å². The number of anilines is 1. The lowest BCUT2D eigenvalue weighted by atomic mass is 10.2. The molecule has 2 aromatic rings. The molecule has 154 valence electrons. The molecule has 1 aliphatic rings. The Kier molecular flexibility index (Phi) is 6.34. The number of amides is 2. The zero-order valence-electron chi connectivity index (χ0n) is 16.5. The van der Waals surface area contributed by atoms with Gasteiger partial charge < -0.3 is 10.6 Å². The molecule has 0 spiro atoms. The van der Waals surface area contributed by atoms with Gasteiger partial charge in [-0.1, -0.05) is 30.3 Å². The van der Waals surface area contributed by atoms with Crippen molar-refractivity contribution in [3.63, 3.8) is 0 Å². The fourth-order valence-corrected chi connectivity index (χ4v) is 5.45. The van der Waals surface area contributed by atoms with Gasteiger partial charge in [-0.25, -0.2) is 8.42 Å². The Morgan fingerprint density at radius 1 is 1.07 bits per heavy atom. The van der Waals surface area contributed by atoms with E-state index in [-0.39, 0.29) is 17.5 Å². The number of sulfonamides is 1. The minimum absolute atomic E-state index is 0.0884. The van der Waals surface area contributed by atoms with Gasteiger partial charge in [-0.2, -0.15) is 4.31 Å². The third-order valence-electron chi connectivity index (χ3n) is 4.99. The van der Waals surface area contributed by atoms with E-state index in [0.717, 1.165) is 5.56 Å². The number of carbonyl (C=O) groups excluding carboxylic acids is 2. The summed E-state index contributed by atoms with van der Waals surface area (Å²) in [5, 5.41) is 5.08. The molecule has 1 aliphatic heterocycles. The van der Waals surface area contributed by atoms with Gasteiger partial charge in [0.25, 0.3) is 0 Å². The summed E-state index contributed by atoms with van der Waals surface area (Å²) in [5.74, 6) is -1.57. The molecule has 0 bridgehead atoms. The average Bonchev–Trinajstić information content (AvgIpc) is 3.18. The number of nitrogens with one attached hydrogen (secondary N) is 2. The van der Waals surface area contributed by atoms with Crippen LogP contribution >= 0.6 is 0 Å². The second-order valence-electron chi connectivity index (χ2n) is 7.21. The van der Waals surface area contributed by atoms with Gasteiger partial charge in [0.05, 0.1) is 4.90 Å². The van der Waals surface area contributed by atoms with Gasteiger partial charge in [-0.15, -0.1) is 0 Å². The SMILES string of the molecule is Cc1ccc(C)c(S(=O)(=O)N2CCC[C@H]2CNC(=O)C(=O)Nc2ccccc2)c1. The summed E-state index contributed by atoms with van der Waals surface area (Å²) in [4.78, 5) is 24.5. The first kappa shape index (κ1) is 21.0. The van der Waals surface area contributed by atoms with E-state index in [1.807, 2.05) is 13.0 Å². The van der Waals surface area contributed by atoms with Crippen molar-refractivity contribution in [1.29, 1.82) is 0 Å². The number of rotatable bonds is 5. The molecule has 1 saturated heterocycles. The van der Waals surface area contributed by atoms with Gasteiger partial charge in [-0.3, -0.25) is 9.59 Å². The molecule has 29 heavy (non-hydrogen) atoms. The molecule has 1 fully saturated rings. The first-order chi connectivity index (χ1) is 13.8. The highest BCUT2D eigenvalue weighted by Gasteiger charge is 2.36. The molecule has 2 aromatic carbocycles. The Labute approximate surface area is 171 Å². The fraction of sp³-hybridized carbons (Fsp3) is 0.333. The number of hydrogen-bond acceptors (Lipinski definition) is 4. The predicted octanol–water partition coefficient (Wildman–Crippen LogP) is 2.21. The molecule has 8 heteroatoms. The maximum atomic E-state index is 13.2. The summed E-state index contributed by atoms with van der Waals surface area (Å²) < 4.78 is 27.8. The van der Waals surface area contributed by atoms with Crippen molar-refractivity contribution in [2.75, 3.05) is 18.4 Å². The molecule has 0 saturated carbocycles. The van der Waals surface area contributed by atoms with Crippen molar-refractivity contribution >= 4 is 27.5 Å². The van der Waals surface area contributed by atoms with Crippen LogP contribution in [0.15, 0.2) is 53.4 Å². The molecule has 0 unspecified atom stereocenters. The lowest BCUT2D eigenvalue weighted by molar-refractivity contribution is -0.136. The maximum absolute atomic E-state index is 13.2. The molecule has 7 nitrogen and oxygen atoms in total. The minimum Gasteiger partial charge on any atom is -0.346 e. The summed E-state index contributed by atoms with van der Waals surface area (Å²) in [5.41, 5.74) is 2.08. The summed E-state index contributed by atoms with van der Waals surface area (Å²) in [6, 6.07) is 13.6. The average molecular weight is 416 g/mol. The van der Waals surface area contributed by atoms with E-state index in [9.17, 15) is 18.0 Å². The fourth-order valence-electron chi connectivity index (χ4n) is 3.44. The van der Waals surface area contributed by atoms with Crippen LogP contribution in [0.1, 0.15) is 24.0 Å². The lowest BCUT2D eigenvalue weighted by Gasteiger charge is -2.25. The van der Waals surface area contributed by atoms with E-state index in [4.69, 9.17) is 0 Å². The number of hydrogen-bond donors (Lipinski definition) is 2. The Bertz CT molecular complexity index is 1010. The number of para-hydroxylation sites is 1. The highest BCUT2D eigenvalue weighted by atomic mass is 32.2. The molecule has 2 amide bonds. The van der Waals surface area contributed by atoms with Crippen molar-refractivity contribution in [3.05, 3.63) is 59.7 Å². The monoisotopic (exact) mass is 415 g/mol. The summed E-state index contributed by atoms with van der Waals surface area (Å²) in [6.07, 6.45) is 1.34. The second-order valence-corrected chi connectivity index (χ2v) is 9.07. The van der Waals surface area contributed by atoms with E-state index < -0.39 is 21.8 Å². The number of carbonyl (C=O) groups is 2. The standard InChI is InChI=1S/C21H25N3O4S/c1-15-10-11-16(2)19(13-15)29(27,28)24-12-6-9-18(24)14-22-20(25)21(26)23-17-7-4-3-5-8-17/h3-5,7-8,10-11,13,18H,6,9,12,14H2,1-2H3,(H,22,25)(H,23,26)/t18-/m0/s1. The molecular weight excluding hydrogens is 390 g/mol. The Morgan fingerprint density at radius 2 is 1.79 bits per heavy atom. The molecule has 0 aliphatic carbocycles. The smallest absolute Gasteiger partial charge is 0.313 e. The highest BCUT2D eigenvalue weighted by molar-refractivity contribution is 7.89. The molecule has 0 aromatic heterocycles. The Hall–Kier alpha value is -2.71. The zero-order valence-corrected chi connectivity index (χ0v) is 17.3. The van der Waals surface area contributed by atoms with Gasteiger partial charge >= 0.3 is 11.8 Å². The number of aryl methyl sites for hydroxylation is 2. The van der Waals surface area contributed by atoms with Crippen LogP contribution < -0.4 is 10.6 Å². The van der Waals surface area contributed by atoms with Gasteiger partial charge in [0.2, 0.25) is 10.0 Å². The Morgan fingerprint density at radius 3 is 2.52 bits per heavy atom. The number of benzene rings is 2. The van der Waals surface area contributed by atoms with Gasteiger partial charge in [0.15, 0.2) is 0 Å². The van der Waals surface area contributed by atoms with Gasteiger partial charge in [-0.05, 0) is 56.0 Å². The topological polar surface area (TPSA) is 95.6 Å². The highest BCUT2D eigenvalue weighted by Crippen LogP contribution is 2.28. The largest absolute Gasteiger partial charge is 0.346 e. The molecule has 1 atom stereocenters. The van der Waals surface area contributed by atoms with Crippen LogP contribution in [0.4, 0.5) is 5.69 Å². The van der Waals surface area contributed by atoms with Crippen molar-refractivity contribution in [3.8, 4) is 0 Å². The normalized spacial score (nSPS) is 17.1. The van der Waals surface area contributed by atoms with Crippen LogP contribution in [0.5, 0.6) is 0 Å². The van der Waals surface area contributed by atoms with Crippen molar-refractivity contribution in [2.24, 2.45) is 0 Å². The minimum atomic E-state index is -3.68. The van der Waals surface area contributed by atoms with Crippen molar-refractivity contribution in [1.82, 2.24) is 9.62 Å². The van der Waals surface area contributed by atoms with Crippen molar-refractivity contribution < 1.29 is 18.0 Å². The van der Waals surface area contributed by atoms with Gasteiger partial charge in [0, 0.05) is 24.8 Å². The maximum Gasteiger partial charge on any atom is 0.313 e. The van der Waals surface area contributed by atoms with E-state index in [0.29, 0.717) is 30.6 Å². The van der Waals surface area contributed by atoms with E-state index in [1.165, 1.54) is 4.31 Å². The van der Waals surface area contributed by atoms with Crippen LogP contribution in [0.3, 0.4) is 0 Å². The lowest BCUT2D eigenvalue weighted by Crippen LogP contribution is -2.45. The number of nitrogens with zero attached hydrogens (tertiary/aromatic N) is 1. The molecule has 3 rings (SSSR count). The van der Waals surface area contributed by atoms with Crippen LogP contribution in [-0.4, -0.2) is 43.7 Å². The quantitative estimate of drug-likeness (QED) is 0.732. The third-order valence-corrected chi connectivity index (χ3v) is 7.08. The van der Waals surface area contributed by atoms with Crippen LogP contribution in [0.25, 0.3) is 0 Å². The van der Waals surface area contributed by atoms with Crippen LogP contribution in [0, 0.1) is 13.8 Å². The summed E-state index contributed by atoms with van der Waals surface area (Å²) in [6.45, 7) is 4.11. The van der Waals surface area contributed by atoms with E-state index in [1.54, 1.807) is 49.4 Å². The summed E-state index contributed by atoms with van der Waals surface area (Å²) in [7, 11) is -3.68. The predicted molar refractivity (Wildman–Crippen MR) is 111 cm³/mol. The van der Waals surface area contributed by atoms with E-state index >= 15 is 0 Å². The first-order valence-electron chi connectivity index (χ1n) is 9.52.